The number of nitrogens with one attached hydrogen (secondary N) is 1. The van der Waals surface area contributed by atoms with Crippen LogP contribution in [0.1, 0.15) is 31.7 Å². The first-order valence-electron chi connectivity index (χ1n) is 6.56. The van der Waals surface area contributed by atoms with E-state index in [1.165, 1.54) is 12.1 Å². The summed E-state index contributed by atoms with van der Waals surface area (Å²) in [4.78, 5) is 0. The van der Waals surface area contributed by atoms with Crippen LogP contribution in [0.2, 0.25) is 5.02 Å². The van der Waals surface area contributed by atoms with Gasteiger partial charge in [0.05, 0.1) is 0 Å². The first-order chi connectivity index (χ1) is 9.31. The molecule has 114 valence electrons. The predicted octanol–water partition coefficient (Wildman–Crippen LogP) is 4.73. The fourth-order valence-corrected chi connectivity index (χ4v) is 2.31. The zero-order valence-electron chi connectivity index (χ0n) is 11.2. The summed E-state index contributed by atoms with van der Waals surface area (Å²) in [6.07, 6.45) is -3.94. The van der Waals surface area contributed by atoms with Crippen molar-refractivity contribution in [1.82, 2.24) is 5.32 Å². The van der Waals surface area contributed by atoms with E-state index in [-0.39, 0.29) is 12.5 Å². The SMILES string of the molecule is CCNC(CCCC(F)(F)F)Cc1ccc(F)cc1Cl. The summed E-state index contributed by atoms with van der Waals surface area (Å²) < 4.78 is 49.4. The molecule has 1 aromatic carbocycles. The Morgan fingerprint density at radius 2 is 2.00 bits per heavy atom. The van der Waals surface area contributed by atoms with Gasteiger partial charge in [0.25, 0.3) is 0 Å². The smallest absolute Gasteiger partial charge is 0.314 e. The maximum atomic E-state index is 12.9. The Morgan fingerprint density at radius 3 is 2.55 bits per heavy atom. The molecule has 1 N–H and O–H groups in total. The Kier molecular flexibility index (Phi) is 6.76. The molecule has 0 saturated heterocycles. The van der Waals surface area contributed by atoms with Gasteiger partial charge in [-0.1, -0.05) is 24.6 Å². The number of hydrogen-bond acceptors (Lipinski definition) is 1. The summed E-state index contributed by atoms with van der Waals surface area (Å²) in [5.41, 5.74) is 0.742. The zero-order chi connectivity index (χ0) is 15.2. The van der Waals surface area contributed by atoms with E-state index in [4.69, 9.17) is 11.6 Å². The van der Waals surface area contributed by atoms with Crippen LogP contribution in [0.3, 0.4) is 0 Å². The van der Waals surface area contributed by atoms with Crippen LogP contribution in [0.5, 0.6) is 0 Å². The van der Waals surface area contributed by atoms with Gasteiger partial charge in [-0.25, -0.2) is 4.39 Å². The molecular weight excluding hydrogens is 294 g/mol. The summed E-state index contributed by atoms with van der Waals surface area (Å²) in [5.74, 6) is -0.421. The summed E-state index contributed by atoms with van der Waals surface area (Å²) in [6, 6.07) is 4.01. The molecule has 1 rings (SSSR count). The molecule has 0 radical (unpaired) electrons. The van der Waals surface area contributed by atoms with E-state index in [1.54, 1.807) is 6.07 Å². The van der Waals surface area contributed by atoms with Crippen LogP contribution in [-0.2, 0) is 6.42 Å². The monoisotopic (exact) mass is 311 g/mol. The quantitative estimate of drug-likeness (QED) is 0.718. The van der Waals surface area contributed by atoms with Gasteiger partial charge < -0.3 is 5.32 Å². The van der Waals surface area contributed by atoms with Gasteiger partial charge in [0.1, 0.15) is 5.82 Å². The lowest BCUT2D eigenvalue weighted by atomic mass is 10.0. The van der Waals surface area contributed by atoms with Crippen LogP contribution in [0.15, 0.2) is 18.2 Å². The molecule has 6 heteroatoms. The highest BCUT2D eigenvalue weighted by atomic mass is 35.5. The van der Waals surface area contributed by atoms with Crippen molar-refractivity contribution in [3.8, 4) is 0 Å². The van der Waals surface area contributed by atoms with E-state index in [9.17, 15) is 17.6 Å². The molecule has 1 aromatic rings. The van der Waals surface area contributed by atoms with E-state index in [0.29, 0.717) is 24.4 Å². The third-order valence-corrected chi connectivity index (χ3v) is 3.34. The second-order valence-electron chi connectivity index (χ2n) is 4.70. The minimum Gasteiger partial charge on any atom is -0.314 e. The first kappa shape index (κ1) is 17.2. The van der Waals surface area contributed by atoms with Gasteiger partial charge in [-0.15, -0.1) is 0 Å². The first-order valence-corrected chi connectivity index (χ1v) is 6.93. The number of benzene rings is 1. The summed E-state index contributed by atoms with van der Waals surface area (Å²) in [6.45, 7) is 2.55. The molecule has 1 nitrogen and oxygen atoms in total. The van der Waals surface area contributed by atoms with Crippen molar-refractivity contribution in [2.75, 3.05) is 6.54 Å². The van der Waals surface area contributed by atoms with Crippen LogP contribution in [0.25, 0.3) is 0 Å². The number of likely N-dealkylation sites (N-methyl/N-ethyl adjacent to an activating group) is 1. The predicted molar refractivity (Wildman–Crippen MR) is 72.5 cm³/mol. The highest BCUT2D eigenvalue weighted by Crippen LogP contribution is 2.24. The summed E-state index contributed by atoms with van der Waals surface area (Å²) >= 11 is 5.93. The maximum Gasteiger partial charge on any atom is 0.389 e. The Labute approximate surface area is 121 Å². The second kappa shape index (κ2) is 7.84. The Morgan fingerprint density at radius 1 is 1.30 bits per heavy atom. The second-order valence-corrected chi connectivity index (χ2v) is 5.11. The van der Waals surface area contributed by atoms with E-state index < -0.39 is 18.4 Å². The molecule has 0 heterocycles. The van der Waals surface area contributed by atoms with Gasteiger partial charge in [-0.2, -0.15) is 13.2 Å². The minimum absolute atomic E-state index is 0.0694. The van der Waals surface area contributed by atoms with E-state index in [2.05, 4.69) is 5.32 Å². The van der Waals surface area contributed by atoms with Crippen LogP contribution >= 0.6 is 11.6 Å². The number of hydrogen-bond donors (Lipinski definition) is 1. The molecule has 0 fully saturated rings. The minimum atomic E-state index is -4.12. The molecule has 0 aromatic heterocycles. The molecule has 20 heavy (non-hydrogen) atoms. The van der Waals surface area contributed by atoms with Gasteiger partial charge >= 0.3 is 6.18 Å². The van der Waals surface area contributed by atoms with Crippen LogP contribution < -0.4 is 5.32 Å². The average molecular weight is 312 g/mol. The Hall–Kier alpha value is -0.810. The lowest BCUT2D eigenvalue weighted by Gasteiger charge is -2.19. The molecule has 1 atom stereocenters. The highest BCUT2D eigenvalue weighted by molar-refractivity contribution is 6.31. The Balaban J connectivity index is 2.57. The number of rotatable bonds is 7. The lowest BCUT2D eigenvalue weighted by Crippen LogP contribution is -2.31. The van der Waals surface area contributed by atoms with Gasteiger partial charge in [0, 0.05) is 17.5 Å². The molecule has 0 aliphatic rings. The maximum absolute atomic E-state index is 12.9. The van der Waals surface area contributed by atoms with Crippen LogP contribution in [0.4, 0.5) is 17.6 Å². The zero-order valence-corrected chi connectivity index (χ0v) is 12.0. The van der Waals surface area contributed by atoms with E-state index in [1.807, 2.05) is 6.92 Å². The van der Waals surface area contributed by atoms with Crippen molar-refractivity contribution >= 4 is 11.6 Å². The normalized spacial score (nSPS) is 13.5. The fraction of sp³-hybridized carbons (Fsp3) is 0.571. The Bertz CT molecular complexity index is 420. The molecule has 0 aliphatic carbocycles. The van der Waals surface area contributed by atoms with Crippen molar-refractivity contribution in [3.05, 3.63) is 34.6 Å². The van der Waals surface area contributed by atoms with Crippen LogP contribution in [-0.4, -0.2) is 18.8 Å². The number of halogens is 5. The van der Waals surface area contributed by atoms with Crippen molar-refractivity contribution < 1.29 is 17.6 Å². The molecule has 0 spiro atoms. The third-order valence-electron chi connectivity index (χ3n) is 2.99. The fourth-order valence-electron chi connectivity index (χ4n) is 2.07. The standard InChI is InChI=1S/C14H18ClF4N/c1-2-20-12(4-3-7-14(17,18)19)8-10-5-6-11(16)9-13(10)15/h5-6,9,12,20H,2-4,7-8H2,1H3. The van der Waals surface area contributed by atoms with Gasteiger partial charge in [0.15, 0.2) is 0 Å². The van der Waals surface area contributed by atoms with Crippen molar-refractivity contribution in [2.24, 2.45) is 0 Å². The lowest BCUT2D eigenvalue weighted by molar-refractivity contribution is -0.135. The van der Waals surface area contributed by atoms with Gasteiger partial charge in [0.2, 0.25) is 0 Å². The summed E-state index contributed by atoms with van der Waals surface area (Å²) in [5, 5.41) is 3.45. The van der Waals surface area contributed by atoms with E-state index >= 15 is 0 Å². The average Bonchev–Trinajstić information content (AvgIpc) is 2.31. The molecular formula is C14H18ClF4N. The molecule has 0 saturated carbocycles. The van der Waals surface area contributed by atoms with Crippen molar-refractivity contribution in [2.45, 2.75) is 44.8 Å². The molecule has 0 amide bonds. The van der Waals surface area contributed by atoms with Gasteiger partial charge in [-0.05, 0) is 43.5 Å². The highest BCUT2D eigenvalue weighted by Gasteiger charge is 2.26. The molecule has 0 aliphatic heterocycles. The third kappa shape index (κ3) is 6.57. The van der Waals surface area contributed by atoms with Crippen LogP contribution in [0, 0.1) is 5.82 Å². The molecule has 1 unspecified atom stereocenters. The topological polar surface area (TPSA) is 12.0 Å². The van der Waals surface area contributed by atoms with Gasteiger partial charge in [-0.3, -0.25) is 0 Å². The van der Waals surface area contributed by atoms with E-state index in [0.717, 1.165) is 5.56 Å². The number of alkyl halides is 3. The molecule has 0 bridgehead atoms. The summed E-state index contributed by atoms with van der Waals surface area (Å²) in [7, 11) is 0. The van der Waals surface area contributed by atoms with Crippen molar-refractivity contribution in [1.29, 1.82) is 0 Å². The largest absolute Gasteiger partial charge is 0.389 e. The van der Waals surface area contributed by atoms with Crippen molar-refractivity contribution in [3.63, 3.8) is 0 Å².